The van der Waals surface area contributed by atoms with Gasteiger partial charge in [-0.1, -0.05) is 6.07 Å². The van der Waals surface area contributed by atoms with Crippen LogP contribution in [0.1, 0.15) is 16.2 Å². The molecule has 1 N–H and O–H groups in total. The van der Waals surface area contributed by atoms with E-state index in [-0.39, 0.29) is 5.91 Å². The van der Waals surface area contributed by atoms with E-state index in [1.165, 1.54) is 0 Å². The molecule has 0 fully saturated rings. The van der Waals surface area contributed by atoms with E-state index in [1.807, 2.05) is 50.2 Å². The maximum atomic E-state index is 12.1. The second-order valence-corrected chi connectivity index (χ2v) is 5.34. The van der Waals surface area contributed by atoms with Crippen LogP contribution >= 0.6 is 0 Å². The summed E-state index contributed by atoms with van der Waals surface area (Å²) < 4.78 is 6.96. The van der Waals surface area contributed by atoms with Crippen LogP contribution < -0.4 is 10.1 Å². The van der Waals surface area contributed by atoms with Crippen molar-refractivity contribution >= 4 is 5.91 Å². The summed E-state index contributed by atoms with van der Waals surface area (Å²) >= 11 is 0. The predicted octanol–water partition coefficient (Wildman–Crippen LogP) is 1.48. The minimum absolute atomic E-state index is 0.161. The third-order valence-corrected chi connectivity index (χ3v) is 3.26. The Morgan fingerprint density at radius 3 is 2.82 bits per heavy atom. The molecular weight excluding hydrogens is 280 g/mol. The highest BCUT2D eigenvalue weighted by atomic mass is 16.5. The normalized spacial score (nSPS) is 10.8. The average Bonchev–Trinajstić information content (AvgIpc) is 2.89. The Balaban J connectivity index is 2.15. The standard InChI is InChI=1S/C16H22N4O2/c1-12-10-15(16(21)17-8-9-19(2)3)18-20(12)13-6-5-7-14(11-13)22-4/h5-7,10-11H,8-9H2,1-4H3,(H,17,21). The Bertz CT molecular complexity index is 649. The zero-order chi connectivity index (χ0) is 16.1. The van der Waals surface area contributed by atoms with Crippen LogP contribution in [0.2, 0.25) is 0 Å². The summed E-state index contributed by atoms with van der Waals surface area (Å²) in [6.45, 7) is 3.31. The van der Waals surface area contributed by atoms with Gasteiger partial charge < -0.3 is 15.0 Å². The number of aromatic nitrogens is 2. The fraction of sp³-hybridized carbons (Fsp3) is 0.375. The molecule has 0 radical (unpaired) electrons. The van der Waals surface area contributed by atoms with Crippen molar-refractivity contribution in [1.29, 1.82) is 0 Å². The SMILES string of the molecule is COc1cccc(-n2nc(C(=O)NCCN(C)C)cc2C)c1. The molecule has 22 heavy (non-hydrogen) atoms. The molecule has 118 valence electrons. The number of methoxy groups -OCH3 is 1. The minimum atomic E-state index is -0.161. The van der Waals surface area contributed by atoms with E-state index >= 15 is 0 Å². The third-order valence-electron chi connectivity index (χ3n) is 3.26. The number of nitrogens with zero attached hydrogens (tertiary/aromatic N) is 3. The lowest BCUT2D eigenvalue weighted by Crippen LogP contribution is -2.31. The Kier molecular flexibility index (Phi) is 5.16. The lowest BCUT2D eigenvalue weighted by Gasteiger charge is -2.09. The number of hydrogen-bond donors (Lipinski definition) is 1. The van der Waals surface area contributed by atoms with Gasteiger partial charge >= 0.3 is 0 Å². The van der Waals surface area contributed by atoms with Crippen LogP contribution in [0.5, 0.6) is 5.75 Å². The van der Waals surface area contributed by atoms with Gasteiger partial charge in [0.1, 0.15) is 5.75 Å². The monoisotopic (exact) mass is 302 g/mol. The van der Waals surface area contributed by atoms with Crippen molar-refractivity contribution < 1.29 is 9.53 Å². The number of rotatable bonds is 6. The fourth-order valence-corrected chi connectivity index (χ4v) is 2.07. The summed E-state index contributed by atoms with van der Waals surface area (Å²) in [7, 11) is 5.56. The van der Waals surface area contributed by atoms with E-state index in [2.05, 4.69) is 10.4 Å². The van der Waals surface area contributed by atoms with E-state index in [9.17, 15) is 4.79 Å². The molecule has 1 amide bonds. The van der Waals surface area contributed by atoms with Crippen LogP contribution in [0.15, 0.2) is 30.3 Å². The van der Waals surface area contributed by atoms with Gasteiger partial charge in [-0.05, 0) is 39.2 Å². The van der Waals surface area contributed by atoms with Gasteiger partial charge in [-0.2, -0.15) is 5.10 Å². The Morgan fingerprint density at radius 2 is 2.14 bits per heavy atom. The molecule has 0 saturated carbocycles. The molecule has 0 aliphatic heterocycles. The summed E-state index contributed by atoms with van der Waals surface area (Å²) in [6.07, 6.45) is 0. The summed E-state index contributed by atoms with van der Waals surface area (Å²) in [5, 5.41) is 7.25. The van der Waals surface area contributed by atoms with Gasteiger partial charge in [-0.15, -0.1) is 0 Å². The molecule has 2 rings (SSSR count). The molecule has 0 aliphatic carbocycles. The number of hydrogen-bond acceptors (Lipinski definition) is 4. The third kappa shape index (κ3) is 3.85. The lowest BCUT2D eigenvalue weighted by molar-refractivity contribution is 0.0945. The van der Waals surface area contributed by atoms with Gasteiger partial charge in [0.25, 0.3) is 5.91 Å². The number of benzene rings is 1. The molecule has 0 saturated heterocycles. The zero-order valence-electron chi connectivity index (χ0n) is 13.5. The number of ether oxygens (including phenoxy) is 1. The van der Waals surface area contributed by atoms with Gasteiger partial charge in [0.05, 0.1) is 12.8 Å². The lowest BCUT2D eigenvalue weighted by atomic mass is 10.3. The van der Waals surface area contributed by atoms with Gasteiger partial charge in [0.15, 0.2) is 5.69 Å². The molecule has 1 aromatic carbocycles. The highest BCUT2D eigenvalue weighted by molar-refractivity contribution is 5.92. The van der Waals surface area contributed by atoms with E-state index in [4.69, 9.17) is 4.74 Å². The Morgan fingerprint density at radius 1 is 1.36 bits per heavy atom. The van der Waals surface area contributed by atoms with E-state index in [0.29, 0.717) is 12.2 Å². The number of likely N-dealkylation sites (N-methyl/N-ethyl adjacent to an activating group) is 1. The smallest absolute Gasteiger partial charge is 0.271 e. The highest BCUT2D eigenvalue weighted by Gasteiger charge is 2.13. The number of aryl methyl sites for hydroxylation is 1. The average molecular weight is 302 g/mol. The number of carbonyl (C=O) groups excluding carboxylic acids is 1. The van der Waals surface area contributed by atoms with Gasteiger partial charge in [0.2, 0.25) is 0 Å². The van der Waals surface area contributed by atoms with Crippen molar-refractivity contribution in [2.24, 2.45) is 0 Å². The second kappa shape index (κ2) is 7.09. The molecule has 0 unspecified atom stereocenters. The largest absolute Gasteiger partial charge is 0.497 e. The summed E-state index contributed by atoms with van der Waals surface area (Å²) in [6, 6.07) is 9.36. The Hall–Kier alpha value is -2.34. The first-order chi connectivity index (χ1) is 10.5. The fourth-order valence-electron chi connectivity index (χ4n) is 2.07. The quantitative estimate of drug-likeness (QED) is 0.878. The molecule has 0 bridgehead atoms. The Labute approximate surface area is 130 Å². The molecule has 1 heterocycles. The van der Waals surface area contributed by atoms with Crippen LogP contribution in [0.25, 0.3) is 5.69 Å². The van der Waals surface area contributed by atoms with Crippen LogP contribution in [0.4, 0.5) is 0 Å². The first kappa shape index (κ1) is 16.0. The summed E-state index contributed by atoms with van der Waals surface area (Å²) in [5.74, 6) is 0.594. The van der Waals surface area contributed by atoms with Crippen LogP contribution in [0, 0.1) is 6.92 Å². The van der Waals surface area contributed by atoms with Crippen molar-refractivity contribution in [2.45, 2.75) is 6.92 Å². The molecule has 1 aromatic heterocycles. The predicted molar refractivity (Wildman–Crippen MR) is 85.7 cm³/mol. The molecule has 2 aromatic rings. The number of amides is 1. The minimum Gasteiger partial charge on any atom is -0.497 e. The van der Waals surface area contributed by atoms with E-state index in [1.54, 1.807) is 17.9 Å². The maximum Gasteiger partial charge on any atom is 0.271 e. The molecule has 6 nitrogen and oxygen atoms in total. The maximum absolute atomic E-state index is 12.1. The van der Waals surface area contributed by atoms with E-state index < -0.39 is 0 Å². The van der Waals surface area contributed by atoms with Crippen LogP contribution in [0.3, 0.4) is 0 Å². The zero-order valence-corrected chi connectivity index (χ0v) is 13.5. The highest BCUT2D eigenvalue weighted by Crippen LogP contribution is 2.18. The summed E-state index contributed by atoms with van der Waals surface area (Å²) in [5.41, 5.74) is 2.18. The van der Waals surface area contributed by atoms with Gasteiger partial charge in [-0.3, -0.25) is 4.79 Å². The molecule has 0 atom stereocenters. The van der Waals surface area contributed by atoms with Gasteiger partial charge in [0, 0.05) is 24.8 Å². The molecule has 0 spiro atoms. The van der Waals surface area contributed by atoms with Crippen molar-refractivity contribution in [3.8, 4) is 11.4 Å². The number of carbonyl (C=O) groups is 1. The first-order valence-electron chi connectivity index (χ1n) is 7.15. The first-order valence-corrected chi connectivity index (χ1v) is 7.15. The van der Waals surface area contributed by atoms with Crippen LogP contribution in [-0.2, 0) is 0 Å². The van der Waals surface area contributed by atoms with Crippen molar-refractivity contribution in [3.05, 3.63) is 41.7 Å². The second-order valence-electron chi connectivity index (χ2n) is 5.34. The molecular formula is C16H22N4O2. The topological polar surface area (TPSA) is 59.4 Å². The molecule has 6 heteroatoms. The van der Waals surface area contributed by atoms with Crippen LogP contribution in [-0.4, -0.2) is 54.9 Å². The van der Waals surface area contributed by atoms with E-state index in [0.717, 1.165) is 23.7 Å². The molecule has 0 aliphatic rings. The van der Waals surface area contributed by atoms with Crippen molar-refractivity contribution in [3.63, 3.8) is 0 Å². The van der Waals surface area contributed by atoms with Crippen molar-refractivity contribution in [2.75, 3.05) is 34.3 Å². The summed E-state index contributed by atoms with van der Waals surface area (Å²) in [4.78, 5) is 14.1. The van der Waals surface area contributed by atoms with Gasteiger partial charge in [-0.25, -0.2) is 4.68 Å². The number of nitrogens with one attached hydrogen (secondary N) is 1. The van der Waals surface area contributed by atoms with Crippen molar-refractivity contribution in [1.82, 2.24) is 20.0 Å².